The van der Waals surface area contributed by atoms with Gasteiger partial charge in [0.25, 0.3) is 0 Å². The monoisotopic (exact) mass is 441 g/mol. The lowest BCUT2D eigenvalue weighted by Crippen LogP contribution is -2.10. The summed E-state index contributed by atoms with van der Waals surface area (Å²) in [5, 5.41) is -0.278. The van der Waals surface area contributed by atoms with Gasteiger partial charge in [-0.1, -0.05) is 0 Å². The molecule has 1 aromatic carbocycles. The van der Waals surface area contributed by atoms with Crippen LogP contribution >= 0.6 is 0 Å². The van der Waals surface area contributed by atoms with Crippen LogP contribution in [0.3, 0.4) is 0 Å². The van der Waals surface area contributed by atoms with Crippen molar-refractivity contribution in [2.45, 2.75) is 30.9 Å². The molecule has 0 saturated carbocycles. The lowest BCUT2D eigenvalue weighted by Gasteiger charge is -2.11. The van der Waals surface area contributed by atoms with Crippen molar-refractivity contribution >= 4 is 20.9 Å². The van der Waals surface area contributed by atoms with E-state index in [0.717, 1.165) is 0 Å². The minimum Gasteiger partial charge on any atom is -0.493 e. The lowest BCUT2D eigenvalue weighted by atomic mass is 10.2. The molecule has 2 heterocycles. The topological polar surface area (TPSA) is 103 Å². The van der Waals surface area contributed by atoms with Crippen molar-refractivity contribution in [2.24, 2.45) is 0 Å². The molecule has 2 aromatic heterocycles. The number of rotatable bonds is 10. The Bertz CT molecular complexity index is 1120. The van der Waals surface area contributed by atoms with Crippen molar-refractivity contribution in [3.63, 3.8) is 0 Å². The molecule has 0 unspecified atom stereocenters. The van der Waals surface area contributed by atoms with Crippen molar-refractivity contribution in [3.8, 4) is 11.5 Å². The molecule has 0 radical (unpaired) electrons. The maximum absolute atomic E-state index is 12.9. The van der Waals surface area contributed by atoms with Crippen molar-refractivity contribution in [3.05, 3.63) is 41.7 Å². The zero-order chi connectivity index (χ0) is 21.7. The number of ether oxygens (including phenoxy) is 3. The Morgan fingerprint density at radius 3 is 2.73 bits per heavy atom. The lowest BCUT2D eigenvalue weighted by molar-refractivity contribution is -0.0497. The number of halogens is 2. The molecule has 3 rings (SSSR count). The van der Waals surface area contributed by atoms with Crippen molar-refractivity contribution in [1.29, 1.82) is 0 Å². The van der Waals surface area contributed by atoms with E-state index in [1.807, 2.05) is 0 Å². The maximum atomic E-state index is 12.9. The van der Waals surface area contributed by atoms with Gasteiger partial charge in [-0.25, -0.2) is 13.4 Å². The summed E-state index contributed by atoms with van der Waals surface area (Å²) in [6, 6.07) is 5.64. The summed E-state index contributed by atoms with van der Waals surface area (Å²) in [7, 11) is -2.27. The molecular formula is C19H21F2N3O5S. The average Bonchev–Trinajstić information content (AvgIpc) is 3.12. The summed E-state index contributed by atoms with van der Waals surface area (Å²) in [5.41, 5.74) is 1.53. The van der Waals surface area contributed by atoms with Crippen LogP contribution in [0.1, 0.15) is 17.7 Å². The number of alkyl halides is 2. The van der Waals surface area contributed by atoms with E-state index in [1.54, 1.807) is 20.1 Å². The van der Waals surface area contributed by atoms with E-state index < -0.39 is 22.2 Å². The van der Waals surface area contributed by atoms with Gasteiger partial charge in [-0.15, -0.1) is 0 Å². The molecule has 1 N–H and O–H groups in total. The van der Waals surface area contributed by atoms with E-state index in [4.69, 9.17) is 9.47 Å². The van der Waals surface area contributed by atoms with Gasteiger partial charge in [0.2, 0.25) is 15.0 Å². The van der Waals surface area contributed by atoms with Crippen LogP contribution < -0.4 is 9.47 Å². The number of pyridine rings is 1. The zero-order valence-electron chi connectivity index (χ0n) is 16.4. The summed E-state index contributed by atoms with van der Waals surface area (Å²) in [5.74, 6) is 0.0551. The smallest absolute Gasteiger partial charge is 0.387 e. The minimum atomic E-state index is -3.87. The van der Waals surface area contributed by atoms with Crippen molar-refractivity contribution in [1.82, 2.24) is 15.0 Å². The van der Waals surface area contributed by atoms with Gasteiger partial charge in [0.1, 0.15) is 17.3 Å². The number of imidazole rings is 1. The number of hydrogen-bond donors (Lipinski definition) is 1. The number of aromatic nitrogens is 3. The number of sulfone groups is 1. The number of nitrogens with zero attached hydrogens (tertiary/aromatic N) is 2. The van der Waals surface area contributed by atoms with Gasteiger partial charge >= 0.3 is 6.61 Å². The highest BCUT2D eigenvalue weighted by Crippen LogP contribution is 2.25. The third-order valence-corrected chi connectivity index (χ3v) is 5.72. The number of nitrogens with one attached hydrogen (secondary N) is 1. The fourth-order valence-electron chi connectivity index (χ4n) is 2.78. The largest absolute Gasteiger partial charge is 0.493 e. The average molecular weight is 441 g/mol. The predicted molar refractivity (Wildman–Crippen MR) is 105 cm³/mol. The highest BCUT2D eigenvalue weighted by molar-refractivity contribution is 7.90. The number of fused-ring (bicyclic) bond motifs is 1. The Kier molecular flexibility index (Phi) is 6.83. The normalized spacial score (nSPS) is 11.9. The summed E-state index contributed by atoms with van der Waals surface area (Å²) < 4.78 is 65.4. The molecule has 11 heteroatoms. The zero-order valence-corrected chi connectivity index (χ0v) is 17.2. The number of benzene rings is 1. The van der Waals surface area contributed by atoms with Crippen LogP contribution in [0.25, 0.3) is 11.0 Å². The van der Waals surface area contributed by atoms with Crippen LogP contribution in [-0.2, 0) is 20.3 Å². The molecule has 30 heavy (non-hydrogen) atoms. The second-order valence-corrected chi connectivity index (χ2v) is 8.34. The molecule has 0 atom stereocenters. The molecule has 0 fully saturated rings. The van der Waals surface area contributed by atoms with Gasteiger partial charge in [0, 0.05) is 38.0 Å². The van der Waals surface area contributed by atoms with Crippen LogP contribution in [0.4, 0.5) is 8.78 Å². The van der Waals surface area contributed by atoms with Crippen LogP contribution in [0.2, 0.25) is 0 Å². The predicted octanol–water partition coefficient (Wildman–Crippen LogP) is 3.26. The van der Waals surface area contributed by atoms with Crippen molar-refractivity contribution < 1.29 is 31.4 Å². The second-order valence-electron chi connectivity index (χ2n) is 6.43. The summed E-state index contributed by atoms with van der Waals surface area (Å²) in [4.78, 5) is 10.9. The molecule has 162 valence electrons. The minimum absolute atomic E-state index is 0.0964. The van der Waals surface area contributed by atoms with Gasteiger partial charge in [-0.3, -0.25) is 4.98 Å². The van der Waals surface area contributed by atoms with Crippen LogP contribution in [-0.4, -0.2) is 50.3 Å². The molecule has 0 bridgehead atoms. The first-order chi connectivity index (χ1) is 14.3. The van der Waals surface area contributed by atoms with Crippen LogP contribution in [0, 0.1) is 6.92 Å². The number of H-pyrrole nitrogens is 1. The Labute approximate surface area is 172 Å². The first kappa shape index (κ1) is 21.9. The van der Waals surface area contributed by atoms with Crippen LogP contribution in [0.15, 0.2) is 35.6 Å². The van der Waals surface area contributed by atoms with E-state index in [-0.39, 0.29) is 16.4 Å². The summed E-state index contributed by atoms with van der Waals surface area (Å²) in [6.45, 7) is -0.263. The molecule has 0 amide bonds. The number of methoxy groups -OCH3 is 1. The van der Waals surface area contributed by atoms with Crippen LogP contribution in [0.5, 0.6) is 11.5 Å². The molecular weight excluding hydrogens is 420 g/mol. The molecule has 8 nitrogen and oxygen atoms in total. The van der Waals surface area contributed by atoms with Gasteiger partial charge in [0.15, 0.2) is 0 Å². The van der Waals surface area contributed by atoms with Crippen molar-refractivity contribution in [2.75, 3.05) is 20.3 Å². The highest BCUT2D eigenvalue weighted by Gasteiger charge is 2.23. The first-order valence-electron chi connectivity index (χ1n) is 9.03. The molecule has 3 aromatic rings. The Balaban J connectivity index is 1.81. The van der Waals surface area contributed by atoms with Gasteiger partial charge in [0.05, 0.1) is 23.3 Å². The number of aromatic amines is 1. The fourth-order valence-corrected chi connectivity index (χ4v) is 4.07. The fraction of sp³-hybridized carbons (Fsp3) is 0.368. The molecule has 0 saturated heterocycles. The van der Waals surface area contributed by atoms with Gasteiger partial charge in [-0.05, 0) is 25.1 Å². The first-order valence-corrected chi connectivity index (χ1v) is 10.7. The van der Waals surface area contributed by atoms with E-state index in [1.165, 1.54) is 24.4 Å². The van der Waals surface area contributed by atoms with E-state index in [2.05, 4.69) is 19.7 Å². The molecule has 0 aliphatic heterocycles. The number of hydrogen-bond acceptors (Lipinski definition) is 7. The Morgan fingerprint density at radius 1 is 1.20 bits per heavy atom. The second kappa shape index (κ2) is 9.35. The quantitative estimate of drug-likeness (QED) is 0.482. The standard InChI is InChI=1S/C19H21F2N3O5S/c1-12-16(22-7-6-17(12)28-9-3-8-27-2)11-30(25,26)19-23-14-5-4-13(29-18(20)21)10-15(14)24-19/h4-7,10,18H,3,8-9,11H2,1-2H3,(H,23,24). The third-order valence-electron chi connectivity index (χ3n) is 4.29. The summed E-state index contributed by atoms with van der Waals surface area (Å²) >= 11 is 0. The summed E-state index contributed by atoms with van der Waals surface area (Å²) in [6.07, 6.45) is 2.18. The molecule has 0 spiro atoms. The molecule has 0 aliphatic carbocycles. The van der Waals surface area contributed by atoms with Gasteiger partial charge in [-0.2, -0.15) is 8.78 Å². The van der Waals surface area contributed by atoms with E-state index >= 15 is 0 Å². The highest BCUT2D eigenvalue weighted by atomic mass is 32.2. The Hall–Kier alpha value is -2.79. The SMILES string of the molecule is COCCCOc1ccnc(CS(=O)(=O)c2nc3ccc(OC(F)F)cc3[nH]2)c1C. The maximum Gasteiger partial charge on any atom is 0.387 e. The van der Waals surface area contributed by atoms with E-state index in [9.17, 15) is 17.2 Å². The van der Waals surface area contributed by atoms with E-state index in [0.29, 0.717) is 42.2 Å². The Morgan fingerprint density at radius 2 is 2.00 bits per heavy atom. The van der Waals surface area contributed by atoms with Gasteiger partial charge < -0.3 is 19.2 Å². The third kappa shape index (κ3) is 5.22. The molecule has 0 aliphatic rings.